The van der Waals surface area contributed by atoms with Crippen molar-refractivity contribution in [2.24, 2.45) is 11.7 Å². The molecule has 2 nitrogen and oxygen atoms in total. The molecule has 0 saturated heterocycles. The Hall–Kier alpha value is -0.280. The van der Waals surface area contributed by atoms with Crippen molar-refractivity contribution in [3.05, 3.63) is 36.4 Å². The highest BCUT2D eigenvalue weighted by atomic mass is 35.5. The number of hydrogen-bond acceptors (Lipinski definition) is 2. The molecule has 0 bridgehead atoms. The first kappa shape index (κ1) is 16.4. The van der Waals surface area contributed by atoms with E-state index in [9.17, 15) is 0 Å². The third-order valence-electron chi connectivity index (χ3n) is 0.667. The number of hydrogen-bond donors (Lipinski definition) is 2. The zero-order valence-electron chi connectivity index (χ0n) is 5.44. The average molecular weight is 183 g/mol. The molecule has 0 amide bonds. The highest BCUT2D eigenvalue weighted by molar-refractivity contribution is 5.85. The first-order valence-corrected chi connectivity index (χ1v) is 2.33. The topological polar surface area (TPSA) is 52.0 Å². The normalized spacial score (nSPS) is 5.40. The lowest BCUT2D eigenvalue weighted by Crippen LogP contribution is -2.02. The van der Waals surface area contributed by atoms with Gasteiger partial charge in [0.2, 0.25) is 0 Å². The molecule has 0 saturated carbocycles. The largest absolute Gasteiger partial charge is 0.274 e. The van der Waals surface area contributed by atoms with Crippen molar-refractivity contribution in [3.63, 3.8) is 0 Å². The Morgan fingerprint density at radius 1 is 0.500 bits per heavy atom. The molecule has 0 aliphatic heterocycles. The van der Waals surface area contributed by atoms with Crippen molar-refractivity contribution in [3.8, 4) is 0 Å². The molecule has 1 aromatic rings. The maximum absolute atomic E-state index is 4.00. The van der Waals surface area contributed by atoms with E-state index < -0.39 is 0 Å². The summed E-state index contributed by atoms with van der Waals surface area (Å²) in [6.45, 7) is 0. The van der Waals surface area contributed by atoms with Gasteiger partial charge >= 0.3 is 0 Å². The molecule has 0 atom stereocenters. The summed E-state index contributed by atoms with van der Waals surface area (Å²) in [4.78, 5) is 0. The molecule has 0 spiro atoms. The van der Waals surface area contributed by atoms with Crippen molar-refractivity contribution in [1.29, 1.82) is 0 Å². The Balaban J connectivity index is -0.000000114. The highest BCUT2D eigenvalue weighted by Gasteiger charge is 1.57. The van der Waals surface area contributed by atoms with Crippen LogP contribution in [0.2, 0.25) is 0 Å². The van der Waals surface area contributed by atoms with Crippen LogP contribution in [0.25, 0.3) is 0 Å². The molecule has 0 unspecified atom stereocenters. The lowest BCUT2D eigenvalue weighted by atomic mass is 10.4. The molecule has 0 aliphatic carbocycles. The zero-order valence-corrected chi connectivity index (χ0v) is 7.07. The molecule has 1 aromatic carbocycles. The highest BCUT2D eigenvalue weighted by Crippen LogP contribution is 1.79. The van der Waals surface area contributed by atoms with Gasteiger partial charge < -0.3 is 0 Å². The Morgan fingerprint density at radius 3 is 0.700 bits per heavy atom. The van der Waals surface area contributed by atoms with E-state index in [4.69, 9.17) is 0 Å². The molecule has 0 heterocycles. The minimum Gasteiger partial charge on any atom is -0.274 e. The zero-order chi connectivity index (χ0) is 6.24. The summed E-state index contributed by atoms with van der Waals surface area (Å²) in [6.07, 6.45) is 0. The first-order chi connectivity index (χ1) is 4.00. The van der Waals surface area contributed by atoms with Crippen LogP contribution in [0.15, 0.2) is 36.4 Å². The lowest BCUT2D eigenvalue weighted by Gasteiger charge is -1.69. The number of rotatable bonds is 0. The minimum atomic E-state index is 0. The predicted octanol–water partition coefficient (Wildman–Crippen LogP) is 1.35. The van der Waals surface area contributed by atoms with E-state index >= 15 is 0 Å². The maximum atomic E-state index is 4.00. The average Bonchev–Trinajstić information content (AvgIpc) is 1.96. The third-order valence-corrected chi connectivity index (χ3v) is 0.667. The number of benzene rings is 1. The summed E-state index contributed by atoms with van der Waals surface area (Å²) in [5, 5.41) is 0. The van der Waals surface area contributed by atoms with Crippen LogP contribution in [0.3, 0.4) is 0 Å². The Bertz CT molecular complexity index is 85.7. The van der Waals surface area contributed by atoms with Crippen LogP contribution in [0.1, 0.15) is 0 Å². The van der Waals surface area contributed by atoms with Crippen LogP contribution in [-0.2, 0) is 0 Å². The summed E-state index contributed by atoms with van der Waals surface area (Å²) in [5.41, 5.74) is 0. The molecular weight excluding hydrogens is 171 g/mol. The smallest absolute Gasteiger partial charge is 0.0623 e. The quantitative estimate of drug-likeness (QED) is 0.471. The molecule has 60 valence electrons. The van der Waals surface area contributed by atoms with Gasteiger partial charge in [-0.25, -0.2) is 0 Å². The van der Waals surface area contributed by atoms with Crippen molar-refractivity contribution < 1.29 is 0 Å². The number of nitrogens with two attached hydrogens (primary N) is 2. The van der Waals surface area contributed by atoms with E-state index in [-0.39, 0.29) is 24.8 Å². The SMILES string of the molecule is Cl.Cl.NN.c1ccccc1. The van der Waals surface area contributed by atoms with Gasteiger partial charge in [-0.15, -0.1) is 24.8 Å². The fourth-order valence-electron chi connectivity index (χ4n) is 0.385. The summed E-state index contributed by atoms with van der Waals surface area (Å²) >= 11 is 0. The van der Waals surface area contributed by atoms with E-state index in [0.717, 1.165) is 0 Å². The molecule has 4 heteroatoms. The van der Waals surface area contributed by atoms with E-state index in [1.165, 1.54) is 0 Å². The van der Waals surface area contributed by atoms with Crippen LogP contribution in [-0.4, -0.2) is 0 Å². The molecule has 1 rings (SSSR count). The van der Waals surface area contributed by atoms with Crippen LogP contribution >= 0.6 is 24.8 Å². The van der Waals surface area contributed by atoms with E-state index in [0.29, 0.717) is 0 Å². The Morgan fingerprint density at radius 2 is 0.600 bits per heavy atom. The molecule has 0 aliphatic rings. The van der Waals surface area contributed by atoms with Crippen molar-refractivity contribution in [2.45, 2.75) is 0 Å². The summed E-state index contributed by atoms with van der Waals surface area (Å²) in [7, 11) is 0. The van der Waals surface area contributed by atoms with Crippen molar-refractivity contribution in [1.82, 2.24) is 0 Å². The fourth-order valence-corrected chi connectivity index (χ4v) is 0.385. The van der Waals surface area contributed by atoms with E-state index in [1.807, 2.05) is 36.4 Å². The second-order valence-electron chi connectivity index (χ2n) is 1.15. The minimum absolute atomic E-state index is 0. The third kappa shape index (κ3) is 10.7. The molecular formula is C6H12Cl2N2. The number of halogens is 2. The predicted molar refractivity (Wildman–Crippen MR) is 49.3 cm³/mol. The fraction of sp³-hybridized carbons (Fsp3) is 0. The number of hydrazine groups is 1. The second-order valence-corrected chi connectivity index (χ2v) is 1.15. The van der Waals surface area contributed by atoms with Gasteiger partial charge in [0.25, 0.3) is 0 Å². The monoisotopic (exact) mass is 182 g/mol. The van der Waals surface area contributed by atoms with Gasteiger partial charge in [0.15, 0.2) is 0 Å². The van der Waals surface area contributed by atoms with Gasteiger partial charge in [0, 0.05) is 0 Å². The Labute approximate surface area is 73.4 Å². The van der Waals surface area contributed by atoms with E-state index in [1.54, 1.807) is 0 Å². The van der Waals surface area contributed by atoms with Crippen molar-refractivity contribution >= 4 is 24.8 Å². The van der Waals surface area contributed by atoms with Gasteiger partial charge in [-0.1, -0.05) is 36.4 Å². The van der Waals surface area contributed by atoms with Gasteiger partial charge in [-0.2, -0.15) is 0 Å². The first-order valence-electron chi connectivity index (χ1n) is 2.33. The van der Waals surface area contributed by atoms with Crippen LogP contribution in [0.5, 0.6) is 0 Å². The Kier molecular flexibility index (Phi) is 26.0. The standard InChI is InChI=1S/C6H6.2ClH.H4N2/c1-2-4-6-5-3-1;;;1-2/h1-6H;2*1H;1-2H2. The lowest BCUT2D eigenvalue weighted by molar-refractivity contribution is 1.26. The van der Waals surface area contributed by atoms with Gasteiger partial charge in [-0.05, 0) is 0 Å². The van der Waals surface area contributed by atoms with Gasteiger partial charge in [-0.3, -0.25) is 11.7 Å². The van der Waals surface area contributed by atoms with E-state index in [2.05, 4.69) is 11.7 Å². The van der Waals surface area contributed by atoms with Gasteiger partial charge in [0.05, 0.1) is 0 Å². The summed E-state index contributed by atoms with van der Waals surface area (Å²) in [6, 6.07) is 12.0. The summed E-state index contributed by atoms with van der Waals surface area (Å²) in [5.74, 6) is 8.00. The second kappa shape index (κ2) is 15.9. The van der Waals surface area contributed by atoms with Crippen LogP contribution in [0, 0.1) is 0 Å². The maximum Gasteiger partial charge on any atom is -0.0623 e. The molecule has 0 fully saturated rings. The molecule has 0 radical (unpaired) electrons. The van der Waals surface area contributed by atoms with Gasteiger partial charge in [0.1, 0.15) is 0 Å². The van der Waals surface area contributed by atoms with Crippen LogP contribution in [0.4, 0.5) is 0 Å². The molecule has 10 heavy (non-hydrogen) atoms. The van der Waals surface area contributed by atoms with Crippen LogP contribution < -0.4 is 11.7 Å². The summed E-state index contributed by atoms with van der Waals surface area (Å²) < 4.78 is 0. The van der Waals surface area contributed by atoms with Crippen molar-refractivity contribution in [2.75, 3.05) is 0 Å². The molecule has 4 N–H and O–H groups in total. The molecule has 0 aromatic heterocycles.